The molecule has 0 radical (unpaired) electrons. The molecule has 0 rings (SSSR count). The summed E-state index contributed by atoms with van der Waals surface area (Å²) in [5.41, 5.74) is 0. The number of rotatable bonds is 2. The molecule has 0 spiro atoms. The molecule has 0 saturated carbocycles. The van der Waals surface area contributed by atoms with E-state index >= 15 is 0 Å². The molecule has 0 aromatic rings. The number of carbonyl (C=O) groups excluding carboxylic acids is 1. The van der Waals surface area contributed by atoms with Crippen molar-refractivity contribution in [2.45, 2.75) is 0 Å². The van der Waals surface area contributed by atoms with Crippen LogP contribution in [0.1, 0.15) is 0 Å². The zero-order chi connectivity index (χ0) is 8.83. The van der Waals surface area contributed by atoms with E-state index in [9.17, 15) is 0 Å². The Bertz CT molecular complexity index is 73.7. The summed E-state index contributed by atoms with van der Waals surface area (Å²) in [6.07, 6.45) is 6.56. The quantitative estimate of drug-likeness (QED) is 0.487. The number of hydrogen-bond acceptors (Lipinski definition) is 1. The van der Waals surface area contributed by atoms with E-state index in [4.69, 9.17) is 4.79 Å². The van der Waals surface area contributed by atoms with Crippen LogP contribution in [-0.4, -0.2) is 6.79 Å². The molecule has 0 aliphatic rings. The summed E-state index contributed by atoms with van der Waals surface area (Å²) < 4.78 is 0. The van der Waals surface area contributed by atoms with Crippen molar-refractivity contribution in [2.75, 3.05) is 0 Å². The molecule has 0 saturated heterocycles. The molecular weight excluding hydrogens is 180 g/mol. The molecule has 0 fully saturated rings. The predicted octanol–water partition coefficient (Wildman–Crippen LogP) is 2.53. The summed E-state index contributed by atoms with van der Waals surface area (Å²) in [5.74, 6) is 0. The van der Waals surface area contributed by atoms with Gasteiger partial charge in [0.2, 0.25) is 0 Å². The first kappa shape index (κ1) is 22.5. The second kappa shape index (κ2) is 61.3. The van der Waals surface area contributed by atoms with E-state index < -0.39 is 0 Å². The molecule has 0 aromatic carbocycles. The van der Waals surface area contributed by atoms with Gasteiger partial charge in [0.25, 0.3) is 0 Å². The third-order valence-electron chi connectivity index (χ3n) is 0.333. The largest absolute Gasteiger partial charge is 0.307 e. The van der Waals surface area contributed by atoms with Crippen LogP contribution in [0.3, 0.4) is 0 Å². The van der Waals surface area contributed by atoms with Crippen LogP contribution in [0.25, 0.3) is 0 Å². The molecule has 11 heavy (non-hydrogen) atoms. The van der Waals surface area contributed by atoms with Gasteiger partial charge in [-0.3, -0.25) is 0 Å². The van der Waals surface area contributed by atoms with Crippen LogP contribution in [0.4, 0.5) is 0 Å². The Morgan fingerprint density at radius 1 is 0.636 bits per heavy atom. The fourth-order valence-electron chi connectivity index (χ4n) is 0. The zero-order valence-electron chi connectivity index (χ0n) is 6.61. The first-order valence-electron chi connectivity index (χ1n) is 2.59. The molecule has 0 heterocycles. The molecule has 0 N–H and O–H groups in total. The van der Waals surface area contributed by atoms with E-state index in [0.717, 1.165) is 0 Å². The summed E-state index contributed by atoms with van der Waals surface area (Å²) in [4.78, 5) is 8.00. The first-order chi connectivity index (χ1) is 4.83. The molecule has 0 unspecified atom stereocenters. The van der Waals surface area contributed by atoms with Crippen molar-refractivity contribution in [3.05, 3.63) is 50.6 Å². The van der Waals surface area contributed by atoms with E-state index in [1.165, 1.54) is 0 Å². The second-order valence-electron chi connectivity index (χ2n) is 0.943. The zero-order valence-corrected chi connectivity index (χ0v) is 7.71. The SMILES string of the molecule is C=CC=C.C=CC=C.C=O.[Fe]. The topological polar surface area (TPSA) is 17.1 Å². The third-order valence-corrected chi connectivity index (χ3v) is 0.333. The third kappa shape index (κ3) is 354. The van der Waals surface area contributed by atoms with Gasteiger partial charge in [-0.1, -0.05) is 50.6 Å². The Labute approximate surface area is 79.7 Å². The van der Waals surface area contributed by atoms with E-state index in [1.807, 2.05) is 6.79 Å². The molecule has 0 aliphatic carbocycles. The molecule has 1 nitrogen and oxygen atoms in total. The summed E-state index contributed by atoms with van der Waals surface area (Å²) in [6, 6.07) is 0. The average molecular weight is 194 g/mol. The minimum atomic E-state index is 0. The van der Waals surface area contributed by atoms with Gasteiger partial charge in [-0.2, -0.15) is 0 Å². The number of carbonyl (C=O) groups is 1. The second-order valence-corrected chi connectivity index (χ2v) is 0.943. The van der Waals surface area contributed by atoms with Gasteiger partial charge < -0.3 is 4.79 Å². The van der Waals surface area contributed by atoms with E-state index in [-0.39, 0.29) is 17.1 Å². The Balaban J connectivity index is -0.0000000339. The van der Waals surface area contributed by atoms with Crippen molar-refractivity contribution in [3.8, 4) is 0 Å². The Morgan fingerprint density at radius 2 is 0.727 bits per heavy atom. The van der Waals surface area contributed by atoms with Gasteiger partial charge in [0.1, 0.15) is 6.79 Å². The van der Waals surface area contributed by atoms with Crippen LogP contribution >= 0.6 is 0 Å². The maximum absolute atomic E-state index is 8.00. The molecule has 64 valence electrons. The molecule has 0 bridgehead atoms. The van der Waals surface area contributed by atoms with Gasteiger partial charge in [0, 0.05) is 17.1 Å². The monoisotopic (exact) mass is 194 g/mol. The molecular formula is C9H14FeO. The van der Waals surface area contributed by atoms with Crippen LogP contribution in [0.15, 0.2) is 50.6 Å². The van der Waals surface area contributed by atoms with Crippen molar-refractivity contribution in [3.63, 3.8) is 0 Å². The molecule has 0 amide bonds. The van der Waals surface area contributed by atoms with Gasteiger partial charge >= 0.3 is 0 Å². The van der Waals surface area contributed by atoms with Gasteiger partial charge in [-0.25, -0.2) is 0 Å². The smallest absolute Gasteiger partial charge is 0.106 e. The number of allylic oxidation sites excluding steroid dienone is 4. The van der Waals surface area contributed by atoms with E-state index in [2.05, 4.69) is 26.3 Å². The van der Waals surface area contributed by atoms with E-state index in [0.29, 0.717) is 0 Å². The molecule has 0 aliphatic heterocycles. The summed E-state index contributed by atoms with van der Waals surface area (Å²) >= 11 is 0. The van der Waals surface area contributed by atoms with Crippen LogP contribution < -0.4 is 0 Å². The average Bonchev–Trinajstić information content (AvgIpc) is 2.08. The summed E-state index contributed by atoms with van der Waals surface area (Å²) in [7, 11) is 0. The molecule has 0 atom stereocenters. The summed E-state index contributed by atoms with van der Waals surface area (Å²) in [6.45, 7) is 15.4. The Hall–Kier alpha value is -0.851. The van der Waals surface area contributed by atoms with Gasteiger partial charge in [-0.05, 0) is 0 Å². The van der Waals surface area contributed by atoms with Crippen molar-refractivity contribution in [1.82, 2.24) is 0 Å². The number of hydrogen-bond donors (Lipinski definition) is 0. The first-order valence-corrected chi connectivity index (χ1v) is 2.59. The van der Waals surface area contributed by atoms with Crippen molar-refractivity contribution in [2.24, 2.45) is 0 Å². The van der Waals surface area contributed by atoms with Gasteiger partial charge in [0.05, 0.1) is 0 Å². The van der Waals surface area contributed by atoms with Crippen LogP contribution in [0.5, 0.6) is 0 Å². The maximum atomic E-state index is 8.00. The maximum Gasteiger partial charge on any atom is 0.106 e. The fourth-order valence-corrected chi connectivity index (χ4v) is 0. The van der Waals surface area contributed by atoms with E-state index in [1.54, 1.807) is 24.3 Å². The van der Waals surface area contributed by atoms with Crippen LogP contribution in [0.2, 0.25) is 0 Å². The fraction of sp³-hybridized carbons (Fsp3) is 0. The van der Waals surface area contributed by atoms with Gasteiger partial charge in [-0.15, -0.1) is 0 Å². The van der Waals surface area contributed by atoms with Crippen LogP contribution in [0, 0.1) is 0 Å². The predicted molar refractivity (Wildman–Crippen MR) is 47.9 cm³/mol. The van der Waals surface area contributed by atoms with Gasteiger partial charge in [0.15, 0.2) is 0 Å². The van der Waals surface area contributed by atoms with Crippen LogP contribution in [-0.2, 0) is 21.9 Å². The van der Waals surface area contributed by atoms with Crippen molar-refractivity contribution >= 4 is 6.79 Å². The van der Waals surface area contributed by atoms with Crippen molar-refractivity contribution in [1.29, 1.82) is 0 Å². The van der Waals surface area contributed by atoms with Crippen molar-refractivity contribution < 1.29 is 21.9 Å². The standard InChI is InChI=1S/2C4H6.CH2O.Fe/c2*1-3-4-2;1-2;/h2*3-4H,1-2H2;1H2;. The minimum Gasteiger partial charge on any atom is -0.307 e. The minimum absolute atomic E-state index is 0. The summed E-state index contributed by atoms with van der Waals surface area (Å²) in [5, 5.41) is 0. The normalized spacial score (nSPS) is 4.00. The Kier molecular flexibility index (Phi) is 125. The molecule has 0 aromatic heterocycles. The Morgan fingerprint density at radius 3 is 0.727 bits per heavy atom. The molecule has 2 heteroatoms.